The number of halogens is 1. The minimum absolute atomic E-state index is 0.471. The van der Waals surface area contributed by atoms with Crippen LogP contribution in [0.2, 0.25) is 0 Å². The number of hydrogen-bond donors (Lipinski definition) is 0. The molecule has 1 saturated heterocycles. The lowest BCUT2D eigenvalue weighted by atomic mass is 10.1. The van der Waals surface area contributed by atoms with Crippen LogP contribution in [-0.4, -0.2) is 37.6 Å². The van der Waals surface area contributed by atoms with Gasteiger partial charge in [0.05, 0.1) is 11.6 Å². The van der Waals surface area contributed by atoms with Crippen LogP contribution in [0, 0.1) is 11.3 Å². The first kappa shape index (κ1) is 13.4. The highest BCUT2D eigenvalue weighted by molar-refractivity contribution is 9.10. The van der Waals surface area contributed by atoms with E-state index in [0.29, 0.717) is 11.6 Å². The summed E-state index contributed by atoms with van der Waals surface area (Å²) in [5.41, 5.74) is 1.85. The van der Waals surface area contributed by atoms with E-state index in [-0.39, 0.29) is 0 Å². The first-order valence-corrected chi connectivity index (χ1v) is 7.05. The molecule has 1 aliphatic heterocycles. The van der Waals surface area contributed by atoms with Gasteiger partial charge in [-0.15, -0.1) is 0 Å². The van der Waals surface area contributed by atoms with Crippen molar-refractivity contribution < 1.29 is 0 Å². The monoisotopic (exact) mass is 307 g/mol. The van der Waals surface area contributed by atoms with Gasteiger partial charge in [-0.05, 0) is 45.1 Å². The number of rotatable bonds is 1. The van der Waals surface area contributed by atoms with Crippen LogP contribution >= 0.6 is 15.9 Å². The van der Waals surface area contributed by atoms with E-state index in [1.54, 1.807) is 0 Å². The van der Waals surface area contributed by atoms with Gasteiger partial charge in [0.15, 0.2) is 0 Å². The summed E-state index contributed by atoms with van der Waals surface area (Å²) in [4.78, 5) is 4.77. The molecule has 0 spiro atoms. The molecule has 0 radical (unpaired) electrons. The maximum absolute atomic E-state index is 9.05. The van der Waals surface area contributed by atoms with E-state index in [1.807, 2.05) is 12.1 Å². The van der Waals surface area contributed by atoms with E-state index in [4.69, 9.17) is 5.26 Å². The Kier molecular flexibility index (Phi) is 4.26. The highest BCUT2D eigenvalue weighted by Crippen LogP contribution is 2.25. The molecule has 0 aliphatic carbocycles. The van der Waals surface area contributed by atoms with Crippen LogP contribution in [0.5, 0.6) is 0 Å². The van der Waals surface area contributed by atoms with E-state index in [2.05, 4.69) is 51.8 Å². The zero-order valence-electron chi connectivity index (χ0n) is 10.9. The molecule has 1 aromatic rings. The summed E-state index contributed by atoms with van der Waals surface area (Å²) < 4.78 is 0.973. The summed E-state index contributed by atoms with van der Waals surface area (Å²) in [6.07, 6.45) is 1.16. The second kappa shape index (κ2) is 5.73. The van der Waals surface area contributed by atoms with Crippen LogP contribution < -0.4 is 4.90 Å². The van der Waals surface area contributed by atoms with Crippen LogP contribution in [-0.2, 0) is 0 Å². The molecule has 3 nitrogen and oxygen atoms in total. The number of anilines is 1. The molecule has 0 amide bonds. The lowest BCUT2D eigenvalue weighted by molar-refractivity contribution is 0.337. The molecule has 0 aromatic heterocycles. The average Bonchev–Trinajstić information content (AvgIpc) is 2.49. The molecule has 1 unspecified atom stereocenters. The van der Waals surface area contributed by atoms with E-state index in [0.717, 1.165) is 36.2 Å². The highest BCUT2D eigenvalue weighted by Gasteiger charge is 2.20. The standard InChI is InChI=1S/C14H18BrN3/c1-11-10-17(2)4-3-5-18(11)14-7-12(9-16)6-13(15)8-14/h6-8,11H,3-5,10H2,1-2H3. The molecule has 2 rings (SSSR count). The maximum atomic E-state index is 9.05. The van der Waals surface area contributed by atoms with Gasteiger partial charge in [0, 0.05) is 29.3 Å². The summed E-state index contributed by atoms with van der Waals surface area (Å²) >= 11 is 3.48. The number of likely N-dealkylation sites (N-methyl/N-ethyl adjacent to an activating group) is 1. The fourth-order valence-corrected chi connectivity index (χ4v) is 3.04. The molecule has 1 aliphatic rings. The highest BCUT2D eigenvalue weighted by atomic mass is 79.9. The van der Waals surface area contributed by atoms with Crippen molar-refractivity contribution in [3.8, 4) is 6.07 Å². The number of benzene rings is 1. The Morgan fingerprint density at radius 1 is 1.33 bits per heavy atom. The van der Waals surface area contributed by atoms with E-state index in [1.165, 1.54) is 0 Å². The van der Waals surface area contributed by atoms with Crippen LogP contribution in [0.1, 0.15) is 18.9 Å². The molecule has 1 aromatic carbocycles. The smallest absolute Gasteiger partial charge is 0.0992 e. The van der Waals surface area contributed by atoms with Gasteiger partial charge in [-0.1, -0.05) is 15.9 Å². The minimum atomic E-state index is 0.471. The fraction of sp³-hybridized carbons (Fsp3) is 0.500. The SMILES string of the molecule is CC1CN(C)CCCN1c1cc(Br)cc(C#N)c1. The molecule has 18 heavy (non-hydrogen) atoms. The van der Waals surface area contributed by atoms with Gasteiger partial charge in [0.2, 0.25) is 0 Å². The largest absolute Gasteiger partial charge is 0.367 e. The predicted octanol–water partition coefficient (Wildman–Crippen LogP) is 2.85. The third-order valence-electron chi connectivity index (χ3n) is 3.39. The summed E-state index contributed by atoms with van der Waals surface area (Å²) in [7, 11) is 2.17. The van der Waals surface area contributed by atoms with Crippen LogP contribution in [0.25, 0.3) is 0 Å². The zero-order chi connectivity index (χ0) is 13.1. The number of nitrogens with zero attached hydrogens (tertiary/aromatic N) is 3. The first-order chi connectivity index (χ1) is 8.60. The Hall–Kier alpha value is -1.05. The van der Waals surface area contributed by atoms with E-state index < -0.39 is 0 Å². The average molecular weight is 308 g/mol. The third-order valence-corrected chi connectivity index (χ3v) is 3.85. The Balaban J connectivity index is 2.29. The zero-order valence-corrected chi connectivity index (χ0v) is 12.4. The van der Waals surface area contributed by atoms with E-state index in [9.17, 15) is 0 Å². The van der Waals surface area contributed by atoms with Gasteiger partial charge in [0.25, 0.3) is 0 Å². The minimum Gasteiger partial charge on any atom is -0.367 e. The van der Waals surface area contributed by atoms with Gasteiger partial charge in [-0.3, -0.25) is 0 Å². The second-order valence-corrected chi connectivity index (χ2v) is 5.88. The van der Waals surface area contributed by atoms with Crippen LogP contribution in [0.3, 0.4) is 0 Å². The van der Waals surface area contributed by atoms with Crippen molar-refractivity contribution in [2.24, 2.45) is 0 Å². The topological polar surface area (TPSA) is 30.3 Å². The molecule has 0 saturated carbocycles. The van der Waals surface area contributed by atoms with Gasteiger partial charge < -0.3 is 9.80 Å². The summed E-state index contributed by atoms with van der Waals surface area (Å²) in [6, 6.07) is 8.63. The molecule has 1 fully saturated rings. The van der Waals surface area contributed by atoms with Crippen molar-refractivity contribution in [1.82, 2.24) is 4.90 Å². The normalized spacial score (nSPS) is 21.4. The predicted molar refractivity (Wildman–Crippen MR) is 77.8 cm³/mol. The molecular formula is C14H18BrN3. The molecule has 1 heterocycles. The summed E-state index contributed by atoms with van der Waals surface area (Å²) in [6.45, 7) is 5.50. The second-order valence-electron chi connectivity index (χ2n) is 4.97. The van der Waals surface area contributed by atoms with Gasteiger partial charge in [-0.25, -0.2) is 0 Å². The third kappa shape index (κ3) is 3.04. The molecule has 1 atom stereocenters. The number of nitriles is 1. The Labute approximate surface area is 117 Å². The Bertz CT molecular complexity index is 467. The van der Waals surface area contributed by atoms with Crippen molar-refractivity contribution in [1.29, 1.82) is 5.26 Å². The lowest BCUT2D eigenvalue weighted by Gasteiger charge is -2.30. The van der Waals surface area contributed by atoms with Crippen LogP contribution in [0.15, 0.2) is 22.7 Å². The molecule has 0 N–H and O–H groups in total. The van der Waals surface area contributed by atoms with E-state index >= 15 is 0 Å². The van der Waals surface area contributed by atoms with Gasteiger partial charge in [-0.2, -0.15) is 5.26 Å². The molecule has 4 heteroatoms. The van der Waals surface area contributed by atoms with Gasteiger partial charge >= 0.3 is 0 Å². The van der Waals surface area contributed by atoms with Crippen LogP contribution in [0.4, 0.5) is 5.69 Å². The Morgan fingerprint density at radius 3 is 2.83 bits per heavy atom. The maximum Gasteiger partial charge on any atom is 0.0992 e. The lowest BCUT2D eigenvalue weighted by Crippen LogP contribution is -2.37. The van der Waals surface area contributed by atoms with Gasteiger partial charge in [0.1, 0.15) is 0 Å². The quantitative estimate of drug-likeness (QED) is 0.799. The molecular weight excluding hydrogens is 290 g/mol. The first-order valence-electron chi connectivity index (χ1n) is 6.26. The molecule has 96 valence electrons. The van der Waals surface area contributed by atoms with Crippen molar-refractivity contribution >= 4 is 21.6 Å². The molecule has 0 bridgehead atoms. The van der Waals surface area contributed by atoms with Crippen molar-refractivity contribution in [3.05, 3.63) is 28.2 Å². The Morgan fingerprint density at radius 2 is 2.11 bits per heavy atom. The van der Waals surface area contributed by atoms with Crippen molar-refractivity contribution in [3.63, 3.8) is 0 Å². The number of hydrogen-bond acceptors (Lipinski definition) is 3. The summed E-state index contributed by atoms with van der Waals surface area (Å²) in [5, 5.41) is 9.05. The summed E-state index contributed by atoms with van der Waals surface area (Å²) in [5.74, 6) is 0. The van der Waals surface area contributed by atoms with Crippen molar-refractivity contribution in [2.75, 3.05) is 31.6 Å². The van der Waals surface area contributed by atoms with Crippen molar-refractivity contribution in [2.45, 2.75) is 19.4 Å². The fourth-order valence-electron chi connectivity index (χ4n) is 2.56.